The van der Waals surface area contributed by atoms with Crippen LogP contribution in [0.25, 0.3) is 0 Å². The Bertz CT molecular complexity index is 106. The first kappa shape index (κ1) is 12.2. The Balaban J connectivity index is 3.62. The van der Waals surface area contributed by atoms with Gasteiger partial charge in [-0.25, -0.2) is 0 Å². The molecule has 0 aliphatic rings. The van der Waals surface area contributed by atoms with E-state index in [2.05, 4.69) is 32.7 Å². The smallest absolute Gasteiger partial charge is 0.0261 e. The molecule has 0 N–H and O–H groups in total. The van der Waals surface area contributed by atoms with Crippen LogP contribution in [0.4, 0.5) is 0 Å². The topological polar surface area (TPSA) is 3.24 Å². The number of nitrogens with zero attached hydrogens (tertiary/aromatic N) is 1. The van der Waals surface area contributed by atoms with E-state index in [1.54, 1.807) is 0 Å². The number of halogens is 1. The van der Waals surface area contributed by atoms with Crippen LogP contribution in [0.5, 0.6) is 0 Å². The molecule has 2 heteroatoms. The van der Waals surface area contributed by atoms with Crippen molar-refractivity contribution in [2.45, 2.75) is 39.7 Å². The molecular formula is C10H22ClN. The van der Waals surface area contributed by atoms with Crippen LogP contribution >= 0.6 is 11.6 Å². The van der Waals surface area contributed by atoms with E-state index in [1.807, 2.05) is 0 Å². The molecule has 12 heavy (non-hydrogen) atoms. The van der Waals surface area contributed by atoms with Gasteiger partial charge < -0.3 is 4.90 Å². The normalized spacial score (nSPS) is 16.5. The van der Waals surface area contributed by atoms with Gasteiger partial charge in [0.15, 0.2) is 0 Å². The van der Waals surface area contributed by atoms with E-state index >= 15 is 0 Å². The third kappa shape index (κ3) is 5.00. The third-order valence-corrected chi connectivity index (χ3v) is 2.85. The first-order chi connectivity index (χ1) is 5.61. The molecule has 0 aromatic heterocycles. The maximum Gasteiger partial charge on any atom is 0.0261 e. The SMILES string of the molecule is CCCC(C)N(C)CC(C)CCl. The first-order valence-electron chi connectivity index (χ1n) is 4.88. The Morgan fingerprint density at radius 3 is 2.33 bits per heavy atom. The van der Waals surface area contributed by atoms with Crippen LogP contribution in [-0.4, -0.2) is 30.4 Å². The quantitative estimate of drug-likeness (QED) is 0.584. The zero-order chi connectivity index (χ0) is 9.56. The molecule has 0 saturated carbocycles. The van der Waals surface area contributed by atoms with E-state index in [0.29, 0.717) is 12.0 Å². The Kier molecular flexibility index (Phi) is 6.87. The predicted molar refractivity (Wildman–Crippen MR) is 56.9 cm³/mol. The Morgan fingerprint density at radius 1 is 1.33 bits per heavy atom. The predicted octanol–water partition coefficient (Wildman–Crippen LogP) is 2.98. The van der Waals surface area contributed by atoms with Crippen molar-refractivity contribution in [3.63, 3.8) is 0 Å². The molecular weight excluding hydrogens is 170 g/mol. The summed E-state index contributed by atoms with van der Waals surface area (Å²) in [6, 6.07) is 0.695. The lowest BCUT2D eigenvalue weighted by Gasteiger charge is -2.26. The van der Waals surface area contributed by atoms with Crippen LogP contribution < -0.4 is 0 Å². The van der Waals surface area contributed by atoms with Crippen LogP contribution in [0, 0.1) is 5.92 Å². The van der Waals surface area contributed by atoms with Gasteiger partial charge in [-0.3, -0.25) is 0 Å². The number of hydrogen-bond acceptors (Lipinski definition) is 1. The fraction of sp³-hybridized carbons (Fsp3) is 1.00. The van der Waals surface area contributed by atoms with Crippen LogP contribution in [0.2, 0.25) is 0 Å². The standard InChI is InChI=1S/C10H22ClN/c1-5-6-10(3)12(4)8-9(2)7-11/h9-10H,5-8H2,1-4H3. The van der Waals surface area contributed by atoms with Crippen molar-refractivity contribution in [2.24, 2.45) is 5.92 Å². The molecule has 2 unspecified atom stereocenters. The summed E-state index contributed by atoms with van der Waals surface area (Å²) in [5.74, 6) is 1.37. The lowest BCUT2D eigenvalue weighted by atomic mass is 10.1. The molecule has 0 radical (unpaired) electrons. The minimum Gasteiger partial charge on any atom is -0.303 e. The van der Waals surface area contributed by atoms with Crippen LogP contribution in [0.3, 0.4) is 0 Å². The van der Waals surface area contributed by atoms with Crippen molar-refractivity contribution < 1.29 is 0 Å². The molecule has 0 aliphatic heterocycles. The largest absolute Gasteiger partial charge is 0.303 e. The van der Waals surface area contributed by atoms with Crippen LogP contribution in [0.15, 0.2) is 0 Å². The number of hydrogen-bond donors (Lipinski definition) is 0. The fourth-order valence-electron chi connectivity index (χ4n) is 1.36. The summed E-state index contributed by atoms with van der Waals surface area (Å²) in [4.78, 5) is 2.40. The van der Waals surface area contributed by atoms with Crippen molar-refractivity contribution in [1.82, 2.24) is 4.90 Å². The molecule has 2 atom stereocenters. The monoisotopic (exact) mass is 191 g/mol. The molecule has 74 valence electrons. The van der Waals surface area contributed by atoms with Crippen molar-refractivity contribution in [1.29, 1.82) is 0 Å². The summed E-state index contributed by atoms with van der Waals surface area (Å²) in [6.45, 7) is 7.83. The highest BCUT2D eigenvalue weighted by molar-refractivity contribution is 6.18. The zero-order valence-corrected chi connectivity index (χ0v) is 9.56. The molecule has 0 aromatic carbocycles. The summed E-state index contributed by atoms with van der Waals surface area (Å²) in [6.07, 6.45) is 2.55. The number of rotatable bonds is 6. The van der Waals surface area contributed by atoms with Gasteiger partial charge >= 0.3 is 0 Å². The van der Waals surface area contributed by atoms with Gasteiger partial charge in [0, 0.05) is 18.5 Å². The van der Waals surface area contributed by atoms with Gasteiger partial charge in [0.25, 0.3) is 0 Å². The molecule has 0 fully saturated rings. The second kappa shape index (κ2) is 6.73. The molecule has 0 heterocycles. The summed E-state index contributed by atoms with van der Waals surface area (Å²) in [7, 11) is 2.18. The average Bonchev–Trinajstić information content (AvgIpc) is 2.04. The average molecular weight is 192 g/mol. The number of alkyl halides is 1. The van der Waals surface area contributed by atoms with E-state index in [4.69, 9.17) is 11.6 Å². The maximum atomic E-state index is 5.75. The van der Waals surface area contributed by atoms with Gasteiger partial charge in [0.1, 0.15) is 0 Å². The van der Waals surface area contributed by atoms with Crippen LogP contribution in [0.1, 0.15) is 33.6 Å². The molecule has 0 aromatic rings. The maximum absolute atomic E-state index is 5.75. The zero-order valence-electron chi connectivity index (χ0n) is 8.81. The third-order valence-electron chi connectivity index (χ3n) is 2.32. The summed E-state index contributed by atoms with van der Waals surface area (Å²) >= 11 is 5.75. The highest BCUT2D eigenvalue weighted by Crippen LogP contribution is 2.07. The minimum absolute atomic E-state index is 0.607. The van der Waals surface area contributed by atoms with Gasteiger partial charge in [0.05, 0.1) is 0 Å². The van der Waals surface area contributed by atoms with E-state index < -0.39 is 0 Å². The first-order valence-corrected chi connectivity index (χ1v) is 5.41. The summed E-state index contributed by atoms with van der Waals surface area (Å²) < 4.78 is 0. The lowest BCUT2D eigenvalue weighted by Crippen LogP contribution is -2.33. The van der Waals surface area contributed by atoms with E-state index in [0.717, 1.165) is 12.4 Å². The van der Waals surface area contributed by atoms with Gasteiger partial charge in [-0.15, -0.1) is 11.6 Å². The van der Waals surface area contributed by atoms with Gasteiger partial charge in [-0.05, 0) is 26.3 Å². The van der Waals surface area contributed by atoms with Gasteiger partial charge in [-0.1, -0.05) is 20.3 Å². The highest BCUT2D eigenvalue weighted by atomic mass is 35.5. The molecule has 0 aliphatic carbocycles. The van der Waals surface area contributed by atoms with Crippen molar-refractivity contribution >= 4 is 11.6 Å². The molecule has 0 rings (SSSR count). The Morgan fingerprint density at radius 2 is 1.92 bits per heavy atom. The van der Waals surface area contributed by atoms with Crippen molar-refractivity contribution in [3.05, 3.63) is 0 Å². The molecule has 0 amide bonds. The second-order valence-electron chi connectivity index (χ2n) is 3.84. The van der Waals surface area contributed by atoms with Crippen molar-refractivity contribution in [2.75, 3.05) is 19.5 Å². The summed E-state index contributed by atoms with van der Waals surface area (Å²) in [5, 5.41) is 0. The Labute approximate surface area is 82.1 Å². The second-order valence-corrected chi connectivity index (χ2v) is 4.15. The molecule has 0 bridgehead atoms. The minimum atomic E-state index is 0.607. The summed E-state index contributed by atoms with van der Waals surface area (Å²) in [5.41, 5.74) is 0. The molecule has 0 spiro atoms. The molecule has 0 saturated heterocycles. The van der Waals surface area contributed by atoms with Gasteiger partial charge in [-0.2, -0.15) is 0 Å². The highest BCUT2D eigenvalue weighted by Gasteiger charge is 2.10. The van der Waals surface area contributed by atoms with E-state index in [9.17, 15) is 0 Å². The Hall–Kier alpha value is 0.250. The fourth-order valence-corrected chi connectivity index (χ4v) is 1.46. The van der Waals surface area contributed by atoms with E-state index in [-0.39, 0.29) is 0 Å². The van der Waals surface area contributed by atoms with Crippen LogP contribution in [-0.2, 0) is 0 Å². The lowest BCUT2D eigenvalue weighted by molar-refractivity contribution is 0.221. The van der Waals surface area contributed by atoms with E-state index in [1.165, 1.54) is 12.8 Å². The van der Waals surface area contributed by atoms with Gasteiger partial charge in [0.2, 0.25) is 0 Å². The van der Waals surface area contributed by atoms with Crippen molar-refractivity contribution in [3.8, 4) is 0 Å². The molecule has 1 nitrogen and oxygen atoms in total.